The smallest absolute Gasteiger partial charge is 0.251 e. The molecule has 1 aromatic rings. The number of carbonyl (C=O) groups excluding carboxylic acids is 2. The van der Waals surface area contributed by atoms with Crippen molar-refractivity contribution >= 4 is 17.5 Å². The van der Waals surface area contributed by atoms with E-state index < -0.39 is 0 Å². The van der Waals surface area contributed by atoms with Crippen LogP contribution in [0.5, 0.6) is 0 Å². The molecule has 5 nitrogen and oxygen atoms in total. The molecule has 0 saturated heterocycles. The third kappa shape index (κ3) is 3.54. The van der Waals surface area contributed by atoms with Gasteiger partial charge in [0.05, 0.1) is 6.42 Å². The van der Waals surface area contributed by atoms with Gasteiger partial charge in [0.1, 0.15) is 0 Å². The molecule has 0 unspecified atom stereocenters. The molecule has 0 aliphatic carbocycles. The molecule has 1 aliphatic rings. The average molecular weight is 261 g/mol. The van der Waals surface area contributed by atoms with E-state index in [0.29, 0.717) is 18.5 Å². The summed E-state index contributed by atoms with van der Waals surface area (Å²) in [6.07, 6.45) is 1.48. The van der Waals surface area contributed by atoms with Crippen LogP contribution in [-0.2, 0) is 11.2 Å². The Kier molecular flexibility index (Phi) is 4.52. The number of nitrogens with one attached hydrogen (secondary N) is 3. The van der Waals surface area contributed by atoms with E-state index in [0.717, 1.165) is 30.8 Å². The van der Waals surface area contributed by atoms with Crippen molar-refractivity contribution in [1.29, 1.82) is 0 Å². The zero-order valence-corrected chi connectivity index (χ0v) is 11.1. The van der Waals surface area contributed by atoms with Crippen LogP contribution in [0.25, 0.3) is 0 Å². The molecule has 0 spiro atoms. The summed E-state index contributed by atoms with van der Waals surface area (Å²) < 4.78 is 0. The van der Waals surface area contributed by atoms with Gasteiger partial charge in [-0.25, -0.2) is 0 Å². The molecule has 102 valence electrons. The Bertz CT molecular complexity index is 486. The second-order valence-electron chi connectivity index (χ2n) is 4.60. The molecule has 1 aliphatic heterocycles. The third-order valence-electron chi connectivity index (χ3n) is 3.01. The molecule has 0 bridgehead atoms. The summed E-state index contributed by atoms with van der Waals surface area (Å²) in [5, 5.41) is 8.81. The van der Waals surface area contributed by atoms with Gasteiger partial charge in [-0.2, -0.15) is 0 Å². The van der Waals surface area contributed by atoms with E-state index in [1.165, 1.54) is 0 Å². The fourth-order valence-electron chi connectivity index (χ4n) is 2.02. The highest BCUT2D eigenvalue weighted by atomic mass is 16.2. The van der Waals surface area contributed by atoms with Crippen LogP contribution in [0, 0.1) is 0 Å². The molecule has 5 heteroatoms. The zero-order valence-electron chi connectivity index (χ0n) is 11.1. The van der Waals surface area contributed by atoms with Crippen molar-refractivity contribution in [2.45, 2.75) is 19.8 Å². The van der Waals surface area contributed by atoms with Crippen LogP contribution < -0.4 is 16.0 Å². The summed E-state index contributed by atoms with van der Waals surface area (Å²) >= 11 is 0. The van der Waals surface area contributed by atoms with Crippen molar-refractivity contribution in [3.05, 3.63) is 29.3 Å². The topological polar surface area (TPSA) is 70.2 Å². The molecule has 2 amide bonds. The van der Waals surface area contributed by atoms with Crippen LogP contribution in [0.3, 0.4) is 0 Å². The maximum absolute atomic E-state index is 11.9. The second kappa shape index (κ2) is 6.33. The number of rotatable bonds is 6. The van der Waals surface area contributed by atoms with Gasteiger partial charge in [0.15, 0.2) is 0 Å². The highest BCUT2D eigenvalue weighted by Crippen LogP contribution is 2.23. The molecule has 0 saturated carbocycles. The third-order valence-corrected chi connectivity index (χ3v) is 3.01. The van der Waals surface area contributed by atoms with E-state index in [-0.39, 0.29) is 11.8 Å². The standard InChI is InChI=1S/C14H19N3O2/c1-2-5-15-6-7-16-14(19)11-4-3-10-9-13(18)17-12(10)8-11/h3-4,8,15H,2,5-7,9H2,1H3,(H,16,19)(H,17,18). The molecule has 0 radical (unpaired) electrons. The van der Waals surface area contributed by atoms with Crippen molar-refractivity contribution in [2.75, 3.05) is 25.0 Å². The maximum Gasteiger partial charge on any atom is 0.251 e. The quantitative estimate of drug-likeness (QED) is 0.667. The Morgan fingerprint density at radius 3 is 2.95 bits per heavy atom. The fourth-order valence-corrected chi connectivity index (χ4v) is 2.02. The molecule has 0 atom stereocenters. The number of carbonyl (C=O) groups is 2. The molecular weight excluding hydrogens is 242 g/mol. The molecule has 1 heterocycles. The number of fused-ring (bicyclic) bond motifs is 1. The SMILES string of the molecule is CCCNCCNC(=O)c1ccc2c(c1)NC(=O)C2. The Balaban J connectivity index is 1.86. The lowest BCUT2D eigenvalue weighted by Crippen LogP contribution is -2.32. The Morgan fingerprint density at radius 1 is 1.32 bits per heavy atom. The highest BCUT2D eigenvalue weighted by Gasteiger charge is 2.18. The first-order chi connectivity index (χ1) is 9.20. The normalized spacial score (nSPS) is 13.0. The van der Waals surface area contributed by atoms with Crippen molar-refractivity contribution in [3.63, 3.8) is 0 Å². The van der Waals surface area contributed by atoms with Crippen LogP contribution in [0.1, 0.15) is 29.3 Å². The number of hydrogen-bond acceptors (Lipinski definition) is 3. The number of anilines is 1. The van der Waals surface area contributed by atoms with E-state index in [9.17, 15) is 9.59 Å². The van der Waals surface area contributed by atoms with Gasteiger partial charge in [0.2, 0.25) is 5.91 Å². The van der Waals surface area contributed by atoms with Crippen LogP contribution >= 0.6 is 0 Å². The lowest BCUT2D eigenvalue weighted by Gasteiger charge is -2.07. The summed E-state index contributed by atoms with van der Waals surface area (Å²) in [5.41, 5.74) is 2.28. The van der Waals surface area contributed by atoms with Gasteiger partial charge in [-0.05, 0) is 30.7 Å². The molecule has 19 heavy (non-hydrogen) atoms. The number of benzene rings is 1. The van der Waals surface area contributed by atoms with Gasteiger partial charge in [0.25, 0.3) is 5.91 Å². The minimum atomic E-state index is -0.109. The summed E-state index contributed by atoms with van der Waals surface area (Å²) in [6, 6.07) is 5.32. The van der Waals surface area contributed by atoms with E-state index in [1.807, 2.05) is 6.07 Å². The lowest BCUT2D eigenvalue weighted by molar-refractivity contribution is -0.115. The summed E-state index contributed by atoms with van der Waals surface area (Å²) in [7, 11) is 0. The average Bonchev–Trinajstić information content (AvgIpc) is 2.77. The predicted octanol–water partition coefficient (Wildman–Crippen LogP) is 0.911. The molecule has 0 aromatic heterocycles. The van der Waals surface area contributed by atoms with Crippen LogP contribution in [0.4, 0.5) is 5.69 Å². The Labute approximate surface area is 112 Å². The van der Waals surface area contributed by atoms with E-state index >= 15 is 0 Å². The Hall–Kier alpha value is -1.88. The summed E-state index contributed by atoms with van der Waals surface area (Å²) in [4.78, 5) is 23.1. The Morgan fingerprint density at radius 2 is 2.16 bits per heavy atom. The fraction of sp³-hybridized carbons (Fsp3) is 0.429. The molecule has 3 N–H and O–H groups in total. The van der Waals surface area contributed by atoms with Gasteiger partial charge in [0, 0.05) is 24.3 Å². The monoisotopic (exact) mass is 261 g/mol. The zero-order chi connectivity index (χ0) is 13.7. The first-order valence-electron chi connectivity index (χ1n) is 6.62. The second-order valence-corrected chi connectivity index (χ2v) is 4.60. The van der Waals surface area contributed by atoms with Gasteiger partial charge in [-0.15, -0.1) is 0 Å². The first-order valence-corrected chi connectivity index (χ1v) is 6.62. The maximum atomic E-state index is 11.9. The molecule has 0 fully saturated rings. The van der Waals surface area contributed by atoms with Crippen molar-refractivity contribution < 1.29 is 9.59 Å². The van der Waals surface area contributed by atoms with Gasteiger partial charge in [-0.1, -0.05) is 13.0 Å². The van der Waals surface area contributed by atoms with Crippen molar-refractivity contribution in [1.82, 2.24) is 10.6 Å². The summed E-state index contributed by atoms with van der Waals surface area (Å²) in [6.45, 7) is 4.43. The van der Waals surface area contributed by atoms with Crippen LogP contribution in [0.2, 0.25) is 0 Å². The van der Waals surface area contributed by atoms with Gasteiger partial charge in [-0.3, -0.25) is 9.59 Å². The van der Waals surface area contributed by atoms with Crippen molar-refractivity contribution in [3.8, 4) is 0 Å². The largest absolute Gasteiger partial charge is 0.351 e. The predicted molar refractivity (Wildman–Crippen MR) is 74.3 cm³/mol. The molecule has 1 aromatic carbocycles. The highest BCUT2D eigenvalue weighted by molar-refractivity contribution is 6.02. The van der Waals surface area contributed by atoms with Crippen LogP contribution in [0.15, 0.2) is 18.2 Å². The lowest BCUT2D eigenvalue weighted by atomic mass is 10.1. The summed E-state index contributed by atoms with van der Waals surface area (Å²) in [5.74, 6) is -0.126. The number of amides is 2. The van der Waals surface area contributed by atoms with Gasteiger partial charge < -0.3 is 16.0 Å². The van der Waals surface area contributed by atoms with Crippen molar-refractivity contribution in [2.24, 2.45) is 0 Å². The van der Waals surface area contributed by atoms with E-state index in [4.69, 9.17) is 0 Å². The minimum Gasteiger partial charge on any atom is -0.351 e. The van der Waals surface area contributed by atoms with E-state index in [2.05, 4.69) is 22.9 Å². The molecule has 2 rings (SSSR count). The van der Waals surface area contributed by atoms with Gasteiger partial charge >= 0.3 is 0 Å². The molecular formula is C14H19N3O2. The minimum absolute atomic E-state index is 0.0173. The van der Waals surface area contributed by atoms with Crippen LogP contribution in [-0.4, -0.2) is 31.4 Å². The van der Waals surface area contributed by atoms with E-state index in [1.54, 1.807) is 12.1 Å². The number of hydrogen-bond donors (Lipinski definition) is 3. The first kappa shape index (κ1) is 13.5.